The van der Waals surface area contributed by atoms with Crippen molar-refractivity contribution in [3.63, 3.8) is 0 Å². The molecule has 0 spiro atoms. The molecule has 0 aromatic heterocycles. The number of hydrogen-bond donors (Lipinski definition) is 2. The van der Waals surface area contributed by atoms with E-state index in [1.807, 2.05) is 13.8 Å². The number of hydrogen-bond acceptors (Lipinski definition) is 4. The van der Waals surface area contributed by atoms with Crippen LogP contribution in [0.5, 0.6) is 0 Å². The van der Waals surface area contributed by atoms with E-state index in [4.69, 9.17) is 0 Å². The first kappa shape index (κ1) is 26.5. The van der Waals surface area contributed by atoms with Crippen LogP contribution >= 0.6 is 0 Å². The van der Waals surface area contributed by atoms with Crippen LogP contribution in [0.3, 0.4) is 0 Å². The Morgan fingerprint density at radius 3 is 2.54 bits per heavy atom. The van der Waals surface area contributed by atoms with Crippen LogP contribution < -0.4 is 0 Å². The molecule has 0 bridgehead atoms. The van der Waals surface area contributed by atoms with Gasteiger partial charge in [-0.1, -0.05) is 40.7 Å². The molecule has 2 saturated carbocycles. The van der Waals surface area contributed by atoms with Gasteiger partial charge < -0.3 is 15.1 Å². The van der Waals surface area contributed by atoms with Gasteiger partial charge in [0.2, 0.25) is 0 Å². The molecule has 4 aliphatic rings. The highest BCUT2D eigenvalue weighted by atomic mass is 19.1. The van der Waals surface area contributed by atoms with Gasteiger partial charge in [0, 0.05) is 25.4 Å². The molecule has 1 saturated heterocycles. The third-order valence-corrected chi connectivity index (χ3v) is 10.3. The second kappa shape index (κ2) is 8.47. The number of rotatable bonds is 3. The van der Waals surface area contributed by atoms with Crippen LogP contribution in [0, 0.1) is 33.5 Å². The molecule has 35 heavy (non-hydrogen) atoms. The summed E-state index contributed by atoms with van der Waals surface area (Å²) in [6.45, 7) is 12.1. The van der Waals surface area contributed by atoms with Crippen molar-refractivity contribution >= 4 is 11.8 Å². The maximum atomic E-state index is 16.8. The Kier molecular flexibility index (Phi) is 6.41. The average molecular weight is 494 g/mol. The average Bonchev–Trinajstić information content (AvgIpc) is 3.19. The maximum absolute atomic E-state index is 16.8. The van der Waals surface area contributed by atoms with Crippen LogP contribution in [0.15, 0.2) is 24.3 Å². The molecular formula is C28H41F2NO4. The summed E-state index contributed by atoms with van der Waals surface area (Å²) in [6, 6.07) is 0. The molecule has 3 aliphatic carbocycles. The molecule has 0 aromatic rings. The van der Waals surface area contributed by atoms with Crippen LogP contribution in [-0.2, 0) is 9.59 Å². The van der Waals surface area contributed by atoms with Gasteiger partial charge in [0.05, 0.1) is 11.5 Å². The van der Waals surface area contributed by atoms with Crippen molar-refractivity contribution in [2.75, 3.05) is 19.6 Å². The van der Waals surface area contributed by atoms with Gasteiger partial charge in [-0.15, -0.1) is 0 Å². The first-order valence-electron chi connectivity index (χ1n) is 12.9. The second-order valence-corrected chi connectivity index (χ2v) is 13.3. The largest absolute Gasteiger partial charge is 0.481 e. The number of aliphatic hydroxyl groups is 1. The number of fused-ring (bicyclic) bond motifs is 5. The summed E-state index contributed by atoms with van der Waals surface area (Å²) in [4.78, 5) is 27.2. The lowest BCUT2D eigenvalue weighted by Crippen LogP contribution is -2.66. The minimum absolute atomic E-state index is 0.000981. The fourth-order valence-electron chi connectivity index (χ4n) is 8.18. The molecule has 2 N–H and O–H groups in total. The Morgan fingerprint density at radius 2 is 1.91 bits per heavy atom. The number of aliphatic carboxylic acids is 1. The van der Waals surface area contributed by atoms with Crippen molar-refractivity contribution in [2.45, 2.75) is 84.7 Å². The molecule has 4 rings (SSSR count). The van der Waals surface area contributed by atoms with Crippen molar-refractivity contribution in [1.82, 2.24) is 4.90 Å². The normalized spacial score (nSPS) is 46.2. The number of likely N-dealkylation sites (tertiary alicyclic amines) is 1. The first-order valence-corrected chi connectivity index (χ1v) is 12.9. The minimum atomic E-state index is -2.13. The summed E-state index contributed by atoms with van der Waals surface area (Å²) in [5.41, 5.74) is -4.89. The molecule has 8 atom stereocenters. The number of halogens is 2. The Balaban J connectivity index is 1.76. The second-order valence-electron chi connectivity index (χ2n) is 13.3. The molecule has 0 aromatic carbocycles. The van der Waals surface area contributed by atoms with Gasteiger partial charge >= 0.3 is 5.97 Å². The van der Waals surface area contributed by atoms with Crippen LogP contribution in [0.4, 0.5) is 8.78 Å². The smallest absolute Gasteiger partial charge is 0.311 e. The predicted octanol–water partition coefficient (Wildman–Crippen LogP) is 4.74. The summed E-state index contributed by atoms with van der Waals surface area (Å²) in [5.74, 6) is -2.39. The molecule has 0 radical (unpaired) electrons. The fourth-order valence-corrected chi connectivity index (χ4v) is 8.18. The van der Waals surface area contributed by atoms with Crippen LogP contribution in [-0.4, -0.2) is 64.4 Å². The van der Waals surface area contributed by atoms with Gasteiger partial charge in [-0.2, -0.15) is 0 Å². The lowest BCUT2D eigenvalue weighted by Gasteiger charge is -2.61. The summed E-state index contributed by atoms with van der Waals surface area (Å²) in [6.07, 6.45) is 3.02. The van der Waals surface area contributed by atoms with Crippen molar-refractivity contribution in [1.29, 1.82) is 0 Å². The quantitative estimate of drug-likeness (QED) is 0.594. The van der Waals surface area contributed by atoms with E-state index in [1.165, 1.54) is 18.2 Å². The van der Waals surface area contributed by atoms with Gasteiger partial charge in [0.1, 0.15) is 11.8 Å². The topological polar surface area (TPSA) is 77.8 Å². The number of carboxylic acid groups (broad SMARTS) is 1. The molecule has 0 amide bonds. The zero-order valence-corrected chi connectivity index (χ0v) is 21.7. The van der Waals surface area contributed by atoms with Crippen molar-refractivity contribution in [2.24, 2.45) is 33.5 Å². The van der Waals surface area contributed by atoms with E-state index in [1.54, 1.807) is 0 Å². The number of nitrogens with zero attached hydrogens (tertiary/aromatic N) is 1. The monoisotopic (exact) mass is 493 g/mol. The number of carbonyl (C=O) groups excluding carboxylic acids is 1. The molecule has 8 unspecified atom stereocenters. The third-order valence-electron chi connectivity index (χ3n) is 10.3. The Hall–Kier alpha value is -1.60. The van der Waals surface area contributed by atoms with Gasteiger partial charge in [0.15, 0.2) is 5.78 Å². The molecule has 3 fully saturated rings. The number of aliphatic hydroxyl groups excluding tert-OH is 1. The van der Waals surface area contributed by atoms with E-state index >= 15 is 8.78 Å². The molecule has 1 heterocycles. The van der Waals surface area contributed by atoms with E-state index in [-0.39, 0.29) is 30.6 Å². The van der Waals surface area contributed by atoms with Crippen molar-refractivity contribution in [3.8, 4) is 0 Å². The van der Waals surface area contributed by atoms with Crippen molar-refractivity contribution < 1.29 is 28.6 Å². The van der Waals surface area contributed by atoms with Gasteiger partial charge in [-0.05, 0) is 72.6 Å². The van der Waals surface area contributed by atoms with Crippen LogP contribution in [0.2, 0.25) is 0 Å². The maximum Gasteiger partial charge on any atom is 0.311 e. The zero-order valence-electron chi connectivity index (χ0n) is 21.7. The van der Waals surface area contributed by atoms with E-state index < -0.39 is 51.9 Å². The standard InChI is InChI=1S/C28H41F2NO4/c1-24(2,3)11-12-31-16-18-14-25(4)21-13-19(29)8-9-20(32)7-6-10-28(21,30)22(33)15-26(25,5)27(18,17-31)23(34)35/h6-9,18-19,21-22,33H,10-17H2,1-5H3,(H,34,35). The lowest BCUT2D eigenvalue weighted by atomic mass is 9.44. The first-order chi connectivity index (χ1) is 16.1. The predicted molar refractivity (Wildman–Crippen MR) is 130 cm³/mol. The molecule has 1 aliphatic heterocycles. The highest BCUT2D eigenvalue weighted by Gasteiger charge is 2.79. The SMILES string of the molecule is CC(C)(C)CCN1CC2CC3(C)C4CC(F)C=CC(=O)C=CCC4(F)C(O)CC3(C)C2(C(=O)O)C1. The fraction of sp³-hybridized carbons (Fsp3) is 0.786. The number of ketones is 1. The number of carboxylic acids is 1. The molecule has 196 valence electrons. The Morgan fingerprint density at radius 1 is 1.23 bits per heavy atom. The number of alkyl halides is 2. The van der Waals surface area contributed by atoms with Gasteiger partial charge in [-0.3, -0.25) is 9.59 Å². The number of allylic oxidation sites excluding steroid dienone is 4. The van der Waals surface area contributed by atoms with E-state index in [2.05, 4.69) is 25.7 Å². The highest BCUT2D eigenvalue weighted by Crippen LogP contribution is 2.76. The van der Waals surface area contributed by atoms with Crippen LogP contribution in [0.25, 0.3) is 0 Å². The van der Waals surface area contributed by atoms with E-state index in [9.17, 15) is 19.8 Å². The molecule has 5 nitrogen and oxygen atoms in total. The Bertz CT molecular complexity index is 944. The van der Waals surface area contributed by atoms with Crippen molar-refractivity contribution in [3.05, 3.63) is 24.3 Å². The highest BCUT2D eigenvalue weighted by molar-refractivity contribution is 5.99. The van der Waals surface area contributed by atoms with E-state index in [0.29, 0.717) is 19.5 Å². The zero-order chi connectivity index (χ0) is 26.0. The molecule has 7 heteroatoms. The number of carbonyl (C=O) groups is 2. The molecular weight excluding hydrogens is 452 g/mol. The summed E-state index contributed by atoms with van der Waals surface area (Å²) >= 11 is 0. The van der Waals surface area contributed by atoms with E-state index in [0.717, 1.165) is 19.0 Å². The lowest BCUT2D eigenvalue weighted by molar-refractivity contribution is -0.213. The third kappa shape index (κ3) is 3.92. The summed E-state index contributed by atoms with van der Waals surface area (Å²) < 4.78 is 31.9. The van der Waals surface area contributed by atoms with Crippen LogP contribution in [0.1, 0.15) is 66.7 Å². The van der Waals surface area contributed by atoms with Gasteiger partial charge in [0.25, 0.3) is 0 Å². The summed E-state index contributed by atoms with van der Waals surface area (Å²) in [7, 11) is 0. The van der Waals surface area contributed by atoms with Gasteiger partial charge in [-0.25, -0.2) is 8.78 Å². The Labute approximate surface area is 207 Å². The summed E-state index contributed by atoms with van der Waals surface area (Å²) in [5, 5.41) is 22.0. The minimum Gasteiger partial charge on any atom is -0.481 e.